The van der Waals surface area contributed by atoms with E-state index in [9.17, 15) is 14.7 Å². The van der Waals surface area contributed by atoms with Gasteiger partial charge in [0.25, 0.3) is 5.91 Å². The molecule has 1 atom stereocenters. The fraction of sp³-hybridized carbons (Fsp3) is 0.357. The van der Waals surface area contributed by atoms with Crippen LogP contribution in [0, 0.1) is 0 Å². The largest absolute Gasteiger partial charge is 0.480 e. The van der Waals surface area contributed by atoms with Gasteiger partial charge in [-0.2, -0.15) is 5.10 Å². The van der Waals surface area contributed by atoms with E-state index in [0.29, 0.717) is 23.5 Å². The molecule has 8 nitrogen and oxygen atoms in total. The summed E-state index contributed by atoms with van der Waals surface area (Å²) < 4.78 is 12.2. The molecule has 0 spiro atoms. The number of carbonyl (C=O) groups is 2. The second kappa shape index (κ2) is 5.55. The second-order valence-corrected chi connectivity index (χ2v) is 5.02. The molecule has 3 rings (SSSR count). The number of amides is 1. The molecule has 0 aliphatic carbocycles. The maximum Gasteiger partial charge on any atom is 0.331 e. The lowest BCUT2D eigenvalue weighted by atomic mass is 9.99. The minimum absolute atomic E-state index is 0.233. The van der Waals surface area contributed by atoms with E-state index in [4.69, 9.17) is 9.15 Å². The van der Waals surface area contributed by atoms with Crippen LogP contribution in [0.1, 0.15) is 17.4 Å². The van der Waals surface area contributed by atoms with Crippen molar-refractivity contribution in [3.63, 3.8) is 0 Å². The average Bonchev–Trinajstić information content (AvgIpc) is 3.11. The van der Waals surface area contributed by atoms with E-state index in [1.54, 1.807) is 24.0 Å². The molecule has 1 N–H and O–H groups in total. The minimum atomic E-state index is -1.09. The number of aliphatic carboxylic acids is 1. The van der Waals surface area contributed by atoms with Gasteiger partial charge in [0.15, 0.2) is 18.4 Å². The molecule has 3 heterocycles. The van der Waals surface area contributed by atoms with Gasteiger partial charge in [-0.25, -0.2) is 4.79 Å². The first-order chi connectivity index (χ1) is 10.6. The lowest BCUT2D eigenvalue weighted by molar-refractivity contribution is -0.152. The van der Waals surface area contributed by atoms with Crippen molar-refractivity contribution in [2.45, 2.75) is 12.5 Å². The van der Waals surface area contributed by atoms with Crippen molar-refractivity contribution >= 4 is 11.9 Å². The van der Waals surface area contributed by atoms with Crippen LogP contribution in [0.2, 0.25) is 0 Å². The molecule has 1 aliphatic rings. The summed E-state index contributed by atoms with van der Waals surface area (Å²) in [6.07, 6.45) is 5.06. The van der Waals surface area contributed by atoms with Crippen molar-refractivity contribution in [1.82, 2.24) is 14.7 Å². The fourth-order valence-corrected chi connectivity index (χ4v) is 2.55. The fourth-order valence-electron chi connectivity index (χ4n) is 2.55. The first-order valence-electron chi connectivity index (χ1n) is 6.76. The van der Waals surface area contributed by atoms with Crippen LogP contribution in [0.5, 0.6) is 5.75 Å². The highest BCUT2D eigenvalue weighted by molar-refractivity contribution is 5.86. The molecular weight excluding hydrogens is 290 g/mol. The molecule has 1 aliphatic heterocycles. The predicted octanol–water partition coefficient (Wildman–Crippen LogP) is 0.602. The Labute approximate surface area is 125 Å². The molecule has 8 heteroatoms. The van der Waals surface area contributed by atoms with Gasteiger partial charge < -0.3 is 19.2 Å². The molecule has 1 unspecified atom stereocenters. The van der Waals surface area contributed by atoms with Crippen LogP contribution >= 0.6 is 0 Å². The molecule has 116 valence electrons. The first kappa shape index (κ1) is 14.2. The number of aryl methyl sites for hydroxylation is 1. The monoisotopic (exact) mass is 305 g/mol. The highest BCUT2D eigenvalue weighted by Gasteiger charge is 2.37. The number of ether oxygens (including phenoxy) is 1. The number of rotatable bonds is 4. The summed E-state index contributed by atoms with van der Waals surface area (Å²) in [5, 5.41) is 13.4. The Bertz CT molecular complexity index is 705. The van der Waals surface area contributed by atoms with Crippen LogP contribution < -0.4 is 4.74 Å². The first-order valence-corrected chi connectivity index (χ1v) is 6.76. The lowest BCUT2D eigenvalue weighted by Crippen LogP contribution is -2.45. The average molecular weight is 305 g/mol. The van der Waals surface area contributed by atoms with Gasteiger partial charge >= 0.3 is 5.97 Å². The zero-order valence-electron chi connectivity index (χ0n) is 11.9. The highest BCUT2D eigenvalue weighted by atomic mass is 16.5. The van der Waals surface area contributed by atoms with Gasteiger partial charge in [0.2, 0.25) is 0 Å². The Hall–Kier alpha value is -2.77. The summed E-state index contributed by atoms with van der Waals surface area (Å²) in [7, 11) is 1.74. The SMILES string of the molecule is Cn1cc(OCC(=O)N2CCc3occc3C2C(=O)O)cn1. The molecule has 2 aromatic heterocycles. The van der Waals surface area contributed by atoms with E-state index in [1.807, 2.05) is 0 Å². The topological polar surface area (TPSA) is 97.8 Å². The Morgan fingerprint density at radius 2 is 2.36 bits per heavy atom. The maximum absolute atomic E-state index is 12.3. The summed E-state index contributed by atoms with van der Waals surface area (Å²) in [6, 6.07) is 0.558. The smallest absolute Gasteiger partial charge is 0.331 e. The van der Waals surface area contributed by atoms with Crippen molar-refractivity contribution < 1.29 is 23.8 Å². The third-order valence-corrected chi connectivity index (χ3v) is 3.56. The zero-order valence-corrected chi connectivity index (χ0v) is 11.9. The number of carboxylic acid groups (broad SMARTS) is 1. The third-order valence-electron chi connectivity index (χ3n) is 3.56. The number of aromatic nitrogens is 2. The molecule has 0 saturated carbocycles. The summed E-state index contributed by atoms with van der Waals surface area (Å²) >= 11 is 0. The van der Waals surface area contributed by atoms with E-state index in [0.717, 1.165) is 0 Å². The van der Waals surface area contributed by atoms with E-state index in [-0.39, 0.29) is 19.1 Å². The van der Waals surface area contributed by atoms with Crippen LogP contribution in [0.4, 0.5) is 0 Å². The Kier molecular flexibility index (Phi) is 3.58. The van der Waals surface area contributed by atoms with Gasteiger partial charge in [0.05, 0.1) is 18.7 Å². The number of nitrogens with zero attached hydrogens (tertiary/aromatic N) is 3. The van der Waals surface area contributed by atoms with E-state index in [2.05, 4.69) is 5.10 Å². The summed E-state index contributed by atoms with van der Waals surface area (Å²) in [5.41, 5.74) is 0.522. The summed E-state index contributed by atoms with van der Waals surface area (Å²) in [6.45, 7) is 0.0510. The molecule has 1 amide bonds. The molecule has 0 saturated heterocycles. The Balaban J connectivity index is 1.73. The van der Waals surface area contributed by atoms with Crippen LogP contribution in [-0.4, -0.2) is 44.8 Å². The van der Waals surface area contributed by atoms with Crippen LogP contribution in [-0.2, 0) is 23.1 Å². The second-order valence-electron chi connectivity index (χ2n) is 5.02. The predicted molar refractivity (Wildman–Crippen MR) is 73.2 cm³/mol. The van der Waals surface area contributed by atoms with Crippen LogP contribution in [0.25, 0.3) is 0 Å². The molecule has 22 heavy (non-hydrogen) atoms. The zero-order chi connectivity index (χ0) is 15.7. The number of fused-ring (bicyclic) bond motifs is 1. The van der Waals surface area contributed by atoms with E-state index >= 15 is 0 Å². The molecule has 0 fully saturated rings. The van der Waals surface area contributed by atoms with Gasteiger partial charge in [-0.1, -0.05) is 0 Å². The number of furan rings is 1. The van der Waals surface area contributed by atoms with Gasteiger partial charge in [0.1, 0.15) is 5.76 Å². The maximum atomic E-state index is 12.3. The van der Waals surface area contributed by atoms with Crippen molar-refractivity contribution in [3.05, 3.63) is 36.0 Å². The van der Waals surface area contributed by atoms with Crippen LogP contribution in [0.15, 0.2) is 29.1 Å². The van der Waals surface area contributed by atoms with Crippen LogP contribution in [0.3, 0.4) is 0 Å². The quantitative estimate of drug-likeness (QED) is 0.888. The molecule has 2 aromatic rings. The van der Waals surface area contributed by atoms with Gasteiger partial charge in [-0.3, -0.25) is 9.48 Å². The van der Waals surface area contributed by atoms with Crippen molar-refractivity contribution in [1.29, 1.82) is 0 Å². The third kappa shape index (κ3) is 2.54. The van der Waals surface area contributed by atoms with Crippen molar-refractivity contribution in [2.75, 3.05) is 13.2 Å². The highest BCUT2D eigenvalue weighted by Crippen LogP contribution is 2.30. The molecule has 0 aromatic carbocycles. The number of carbonyl (C=O) groups excluding carboxylic acids is 1. The number of hydrogen-bond donors (Lipinski definition) is 1. The summed E-state index contributed by atoms with van der Waals surface area (Å²) in [4.78, 5) is 25.1. The normalized spacial score (nSPS) is 17.1. The van der Waals surface area contributed by atoms with Gasteiger partial charge in [-0.15, -0.1) is 0 Å². The Morgan fingerprint density at radius 3 is 3.05 bits per heavy atom. The standard InChI is InChI=1S/C14H15N3O5/c1-16-7-9(6-15-16)22-8-12(18)17-4-2-11-10(3-5-21-11)13(17)14(19)20/h3,5-7,13H,2,4,8H2,1H3,(H,19,20). The number of carboxylic acids is 1. The molecule has 0 radical (unpaired) electrons. The van der Waals surface area contributed by atoms with E-state index < -0.39 is 12.0 Å². The van der Waals surface area contributed by atoms with Crippen molar-refractivity contribution in [2.24, 2.45) is 7.05 Å². The summed E-state index contributed by atoms with van der Waals surface area (Å²) in [5.74, 6) is -0.395. The number of hydrogen-bond acceptors (Lipinski definition) is 5. The minimum Gasteiger partial charge on any atom is -0.480 e. The van der Waals surface area contributed by atoms with Gasteiger partial charge in [0, 0.05) is 25.6 Å². The lowest BCUT2D eigenvalue weighted by Gasteiger charge is -2.32. The van der Waals surface area contributed by atoms with Gasteiger partial charge in [-0.05, 0) is 6.07 Å². The molecule has 0 bridgehead atoms. The molecular formula is C14H15N3O5. The Morgan fingerprint density at radius 1 is 1.55 bits per heavy atom. The van der Waals surface area contributed by atoms with E-state index in [1.165, 1.54) is 17.4 Å². The van der Waals surface area contributed by atoms with Crippen molar-refractivity contribution in [3.8, 4) is 5.75 Å².